The maximum absolute atomic E-state index is 11.0. The molecule has 0 aliphatic heterocycles. The number of benzene rings is 1. The Hall–Kier alpha value is -1.73. The SMILES string of the molecule is Cc1c(C(=O)O)sc2nc(-c3ccccc3Br)nn12. The molecule has 5 nitrogen and oxygen atoms in total. The van der Waals surface area contributed by atoms with Crippen LogP contribution in [-0.2, 0) is 0 Å². The topological polar surface area (TPSA) is 67.5 Å². The highest BCUT2D eigenvalue weighted by molar-refractivity contribution is 9.10. The lowest BCUT2D eigenvalue weighted by Crippen LogP contribution is -1.98. The van der Waals surface area contributed by atoms with Crippen LogP contribution < -0.4 is 0 Å². The van der Waals surface area contributed by atoms with Crippen LogP contribution in [0.3, 0.4) is 0 Å². The van der Waals surface area contributed by atoms with Gasteiger partial charge in [-0.05, 0) is 19.1 Å². The number of aromatic nitrogens is 3. The Morgan fingerprint density at radius 2 is 2.16 bits per heavy atom. The van der Waals surface area contributed by atoms with Crippen LogP contribution in [0.1, 0.15) is 15.4 Å². The van der Waals surface area contributed by atoms with Crippen molar-refractivity contribution in [3.05, 3.63) is 39.3 Å². The van der Waals surface area contributed by atoms with Crippen molar-refractivity contribution >= 4 is 38.2 Å². The minimum atomic E-state index is -0.947. The van der Waals surface area contributed by atoms with E-state index in [1.54, 1.807) is 11.4 Å². The number of carboxylic acids is 1. The van der Waals surface area contributed by atoms with Gasteiger partial charge in [-0.2, -0.15) is 4.98 Å². The van der Waals surface area contributed by atoms with E-state index >= 15 is 0 Å². The quantitative estimate of drug-likeness (QED) is 0.779. The predicted octanol–water partition coefficient (Wildman–Crippen LogP) is 3.23. The highest BCUT2D eigenvalue weighted by Gasteiger charge is 2.18. The lowest BCUT2D eigenvalue weighted by Gasteiger charge is -1.97. The first-order valence-corrected chi connectivity index (χ1v) is 7.03. The molecule has 3 rings (SSSR count). The van der Waals surface area contributed by atoms with E-state index in [1.165, 1.54) is 0 Å². The molecule has 2 heterocycles. The number of thiazole rings is 1. The van der Waals surface area contributed by atoms with Crippen LogP contribution >= 0.6 is 27.3 Å². The van der Waals surface area contributed by atoms with Crippen LogP contribution in [0.15, 0.2) is 28.7 Å². The third-order valence-electron chi connectivity index (χ3n) is 2.73. The van der Waals surface area contributed by atoms with Crippen molar-refractivity contribution in [2.45, 2.75) is 6.92 Å². The number of hydrogen-bond acceptors (Lipinski definition) is 4. The second-order valence-electron chi connectivity index (χ2n) is 3.93. The van der Waals surface area contributed by atoms with Gasteiger partial charge in [-0.3, -0.25) is 0 Å². The Kier molecular flexibility index (Phi) is 2.87. The number of nitrogens with zero attached hydrogens (tertiary/aromatic N) is 3. The minimum Gasteiger partial charge on any atom is -0.477 e. The van der Waals surface area contributed by atoms with Crippen molar-refractivity contribution in [1.29, 1.82) is 0 Å². The van der Waals surface area contributed by atoms with Crippen LogP contribution in [0.5, 0.6) is 0 Å². The summed E-state index contributed by atoms with van der Waals surface area (Å²) in [4.78, 5) is 16.3. The molecule has 0 saturated carbocycles. The molecule has 0 aliphatic rings. The number of aromatic carboxylic acids is 1. The molecule has 19 heavy (non-hydrogen) atoms. The third kappa shape index (κ3) is 1.95. The van der Waals surface area contributed by atoms with Crippen molar-refractivity contribution in [1.82, 2.24) is 14.6 Å². The molecule has 0 spiro atoms. The molecule has 0 fully saturated rings. The minimum absolute atomic E-state index is 0.272. The number of carboxylic acid groups (broad SMARTS) is 1. The summed E-state index contributed by atoms with van der Waals surface area (Å²) in [5.41, 5.74) is 1.48. The van der Waals surface area contributed by atoms with E-state index in [0.29, 0.717) is 16.5 Å². The molecular formula is C12H8BrN3O2S. The summed E-state index contributed by atoms with van der Waals surface area (Å²) < 4.78 is 2.48. The zero-order valence-electron chi connectivity index (χ0n) is 9.79. The van der Waals surface area contributed by atoms with Gasteiger partial charge in [-0.25, -0.2) is 9.31 Å². The molecule has 0 atom stereocenters. The highest BCUT2D eigenvalue weighted by atomic mass is 79.9. The van der Waals surface area contributed by atoms with Crippen molar-refractivity contribution in [2.75, 3.05) is 0 Å². The Bertz CT molecular complexity index is 793. The van der Waals surface area contributed by atoms with Crippen LogP contribution in [0.4, 0.5) is 0 Å². The summed E-state index contributed by atoms with van der Waals surface area (Å²) in [6.07, 6.45) is 0. The normalized spacial score (nSPS) is 11.1. The molecule has 0 saturated heterocycles. The highest BCUT2D eigenvalue weighted by Crippen LogP contribution is 2.28. The molecule has 0 amide bonds. The average molecular weight is 338 g/mol. The molecule has 0 bridgehead atoms. The second kappa shape index (κ2) is 4.43. The number of carbonyl (C=O) groups is 1. The van der Waals surface area contributed by atoms with Crippen molar-refractivity contribution in [2.24, 2.45) is 0 Å². The number of hydrogen-bond donors (Lipinski definition) is 1. The maximum atomic E-state index is 11.0. The molecule has 0 radical (unpaired) electrons. The van der Waals surface area contributed by atoms with E-state index < -0.39 is 5.97 Å². The number of rotatable bonds is 2. The number of fused-ring (bicyclic) bond motifs is 1. The molecule has 96 valence electrons. The van der Waals surface area contributed by atoms with E-state index in [-0.39, 0.29) is 4.88 Å². The predicted molar refractivity (Wildman–Crippen MR) is 75.7 cm³/mol. The first-order chi connectivity index (χ1) is 9.08. The summed E-state index contributed by atoms with van der Waals surface area (Å²) in [6.45, 7) is 1.73. The van der Waals surface area contributed by atoms with Crippen molar-refractivity contribution in [3.8, 4) is 11.4 Å². The number of aryl methyl sites for hydroxylation is 1. The molecule has 1 N–H and O–H groups in total. The van der Waals surface area contributed by atoms with Crippen LogP contribution in [0.25, 0.3) is 16.3 Å². The van der Waals surface area contributed by atoms with Gasteiger partial charge in [0.15, 0.2) is 5.82 Å². The van der Waals surface area contributed by atoms with E-state index in [1.807, 2.05) is 24.3 Å². The Morgan fingerprint density at radius 3 is 2.79 bits per heavy atom. The maximum Gasteiger partial charge on any atom is 0.347 e. The lowest BCUT2D eigenvalue weighted by molar-refractivity contribution is 0.0701. The first-order valence-electron chi connectivity index (χ1n) is 5.42. The first kappa shape index (κ1) is 12.3. The van der Waals surface area contributed by atoms with Crippen LogP contribution in [0.2, 0.25) is 0 Å². The summed E-state index contributed by atoms with van der Waals surface area (Å²) >= 11 is 4.58. The van der Waals surface area contributed by atoms with Gasteiger partial charge in [0.25, 0.3) is 0 Å². The van der Waals surface area contributed by atoms with Crippen LogP contribution in [0, 0.1) is 6.92 Å². The fourth-order valence-corrected chi connectivity index (χ4v) is 3.16. The lowest BCUT2D eigenvalue weighted by atomic mass is 10.2. The van der Waals surface area contributed by atoms with Gasteiger partial charge >= 0.3 is 5.97 Å². The fraction of sp³-hybridized carbons (Fsp3) is 0.0833. The van der Waals surface area contributed by atoms with Gasteiger partial charge in [-0.15, -0.1) is 5.10 Å². The van der Waals surface area contributed by atoms with Crippen LogP contribution in [-0.4, -0.2) is 25.7 Å². The molecule has 0 aliphatic carbocycles. The molecule has 2 aromatic heterocycles. The summed E-state index contributed by atoms with van der Waals surface area (Å²) in [5.74, 6) is -0.365. The Balaban J connectivity index is 2.19. The fourth-order valence-electron chi connectivity index (χ4n) is 1.80. The van der Waals surface area contributed by atoms with Gasteiger partial charge < -0.3 is 5.11 Å². The largest absolute Gasteiger partial charge is 0.477 e. The van der Waals surface area contributed by atoms with Crippen molar-refractivity contribution in [3.63, 3.8) is 0 Å². The zero-order valence-corrected chi connectivity index (χ0v) is 12.2. The smallest absolute Gasteiger partial charge is 0.347 e. The molecule has 7 heteroatoms. The van der Waals surface area contributed by atoms with E-state index in [2.05, 4.69) is 26.0 Å². The second-order valence-corrected chi connectivity index (χ2v) is 5.76. The van der Waals surface area contributed by atoms with Gasteiger partial charge in [0.1, 0.15) is 4.88 Å². The van der Waals surface area contributed by atoms with E-state index in [9.17, 15) is 4.79 Å². The van der Waals surface area contributed by atoms with Crippen molar-refractivity contribution < 1.29 is 9.90 Å². The standard InChI is InChI=1S/C12H8BrN3O2S/c1-6-9(11(17)18)19-12-14-10(15-16(6)12)7-4-2-3-5-8(7)13/h2-5H,1H3,(H,17,18). The average Bonchev–Trinajstić information content (AvgIpc) is 2.90. The molecular weight excluding hydrogens is 330 g/mol. The van der Waals surface area contributed by atoms with E-state index in [0.717, 1.165) is 21.4 Å². The monoisotopic (exact) mass is 337 g/mol. The Morgan fingerprint density at radius 1 is 1.42 bits per heavy atom. The Labute approximate surface area is 120 Å². The third-order valence-corrected chi connectivity index (χ3v) is 4.54. The van der Waals surface area contributed by atoms with Gasteiger partial charge in [0.2, 0.25) is 4.96 Å². The van der Waals surface area contributed by atoms with Gasteiger partial charge in [0, 0.05) is 10.0 Å². The summed E-state index contributed by atoms with van der Waals surface area (Å²) in [7, 11) is 0. The zero-order chi connectivity index (χ0) is 13.6. The van der Waals surface area contributed by atoms with Gasteiger partial charge in [0.05, 0.1) is 5.69 Å². The number of halogens is 1. The molecule has 0 unspecified atom stereocenters. The van der Waals surface area contributed by atoms with E-state index in [4.69, 9.17) is 5.11 Å². The summed E-state index contributed by atoms with van der Waals surface area (Å²) in [5, 5.41) is 13.4. The molecule has 3 aromatic rings. The van der Waals surface area contributed by atoms with Gasteiger partial charge in [-0.1, -0.05) is 39.4 Å². The summed E-state index contributed by atoms with van der Waals surface area (Å²) in [6, 6.07) is 7.65. The molecule has 1 aromatic carbocycles.